The molecule has 6 heteroatoms. The summed E-state index contributed by atoms with van der Waals surface area (Å²) in [5, 5.41) is 4.51. The van der Waals surface area contributed by atoms with Gasteiger partial charge in [-0.2, -0.15) is 0 Å². The molecule has 0 aromatic heterocycles. The van der Waals surface area contributed by atoms with Crippen LogP contribution in [0.1, 0.15) is 31.7 Å². The Labute approximate surface area is 148 Å². The number of halogens is 3. The normalized spacial score (nSPS) is 15.2. The maximum atomic E-state index is 12.7. The molecule has 0 atom stereocenters. The molecular weight excluding hydrogens is 343 g/mol. The van der Waals surface area contributed by atoms with E-state index >= 15 is 0 Å². The predicted molar refractivity (Wildman–Crippen MR) is 95.3 cm³/mol. The maximum absolute atomic E-state index is 12.7. The van der Waals surface area contributed by atoms with Crippen LogP contribution in [0.4, 0.5) is 0 Å². The molecule has 124 valence electrons. The molecule has 1 aromatic carbocycles. The van der Waals surface area contributed by atoms with Crippen molar-refractivity contribution in [2.45, 2.75) is 38.6 Å². The van der Waals surface area contributed by atoms with Crippen LogP contribution in [0.15, 0.2) is 18.2 Å². The molecule has 22 heavy (non-hydrogen) atoms. The van der Waals surface area contributed by atoms with Gasteiger partial charge in [0.15, 0.2) is 0 Å². The molecular formula is C16H23Cl3N2O. The van der Waals surface area contributed by atoms with Crippen LogP contribution in [-0.2, 0) is 11.2 Å². The van der Waals surface area contributed by atoms with Crippen molar-refractivity contribution in [1.82, 2.24) is 10.2 Å². The van der Waals surface area contributed by atoms with Gasteiger partial charge in [-0.15, -0.1) is 12.4 Å². The minimum Gasteiger partial charge on any atom is -0.339 e. The quantitative estimate of drug-likeness (QED) is 0.857. The summed E-state index contributed by atoms with van der Waals surface area (Å²) in [6, 6.07) is 5.67. The van der Waals surface area contributed by atoms with Crippen molar-refractivity contribution in [2.75, 3.05) is 19.6 Å². The SMILES string of the molecule is CCCN(C(=O)Cc1ccc(Cl)cc1Cl)C1CCNCC1.Cl. The second-order valence-electron chi connectivity index (χ2n) is 5.48. The monoisotopic (exact) mass is 364 g/mol. The van der Waals surface area contributed by atoms with E-state index in [-0.39, 0.29) is 18.3 Å². The summed E-state index contributed by atoms with van der Waals surface area (Å²) in [6.07, 6.45) is 3.38. The third-order valence-corrected chi connectivity index (χ3v) is 4.48. The van der Waals surface area contributed by atoms with E-state index in [0.717, 1.165) is 44.5 Å². The van der Waals surface area contributed by atoms with Crippen LogP contribution < -0.4 is 5.32 Å². The van der Waals surface area contributed by atoms with Gasteiger partial charge in [-0.25, -0.2) is 0 Å². The van der Waals surface area contributed by atoms with Crippen molar-refractivity contribution in [2.24, 2.45) is 0 Å². The summed E-state index contributed by atoms with van der Waals surface area (Å²) < 4.78 is 0. The van der Waals surface area contributed by atoms with Crippen LogP contribution in [0.3, 0.4) is 0 Å². The molecule has 1 saturated heterocycles. The van der Waals surface area contributed by atoms with Gasteiger partial charge in [0.25, 0.3) is 0 Å². The Hall–Kier alpha value is -0.480. The first-order valence-corrected chi connectivity index (χ1v) is 8.31. The molecule has 0 aliphatic carbocycles. The van der Waals surface area contributed by atoms with E-state index in [1.165, 1.54) is 0 Å². The van der Waals surface area contributed by atoms with Gasteiger partial charge in [0.05, 0.1) is 6.42 Å². The lowest BCUT2D eigenvalue weighted by Crippen LogP contribution is -2.47. The molecule has 3 nitrogen and oxygen atoms in total. The van der Waals surface area contributed by atoms with Gasteiger partial charge >= 0.3 is 0 Å². The average Bonchev–Trinajstić information content (AvgIpc) is 2.48. The Balaban J connectivity index is 0.00000242. The number of amides is 1. The van der Waals surface area contributed by atoms with Crippen LogP contribution in [0.2, 0.25) is 10.0 Å². The lowest BCUT2D eigenvalue weighted by atomic mass is 10.0. The number of piperidine rings is 1. The van der Waals surface area contributed by atoms with Gasteiger partial charge in [-0.3, -0.25) is 4.79 Å². The van der Waals surface area contributed by atoms with Crippen molar-refractivity contribution >= 4 is 41.5 Å². The standard InChI is InChI=1S/C16H22Cl2N2O.ClH/c1-2-9-20(14-5-7-19-8-6-14)16(21)10-12-3-4-13(17)11-15(12)18;/h3-4,11,14,19H,2,5-10H2,1H3;1H. The number of carbonyl (C=O) groups excluding carboxylic acids is 1. The van der Waals surface area contributed by atoms with Crippen molar-refractivity contribution < 1.29 is 4.79 Å². The molecule has 1 heterocycles. The van der Waals surface area contributed by atoms with E-state index in [9.17, 15) is 4.79 Å². The van der Waals surface area contributed by atoms with Crippen LogP contribution >= 0.6 is 35.6 Å². The predicted octanol–water partition coefficient (Wildman–Crippen LogP) is 3.95. The van der Waals surface area contributed by atoms with Crippen LogP contribution in [-0.4, -0.2) is 36.5 Å². The molecule has 1 aromatic rings. The smallest absolute Gasteiger partial charge is 0.227 e. The van der Waals surface area contributed by atoms with Gasteiger partial charge in [-0.1, -0.05) is 36.2 Å². The van der Waals surface area contributed by atoms with Gasteiger partial charge in [-0.05, 0) is 50.0 Å². The van der Waals surface area contributed by atoms with Crippen LogP contribution in [0.5, 0.6) is 0 Å². The highest BCUT2D eigenvalue weighted by Crippen LogP contribution is 2.23. The number of hydrogen-bond acceptors (Lipinski definition) is 2. The average molecular weight is 366 g/mol. The fourth-order valence-corrected chi connectivity index (χ4v) is 3.27. The third kappa shape index (κ3) is 5.31. The van der Waals surface area contributed by atoms with Gasteiger partial charge in [0.2, 0.25) is 5.91 Å². The zero-order valence-corrected chi connectivity index (χ0v) is 15.1. The minimum atomic E-state index is 0. The molecule has 1 N–H and O–H groups in total. The summed E-state index contributed by atoms with van der Waals surface area (Å²) in [7, 11) is 0. The summed E-state index contributed by atoms with van der Waals surface area (Å²) in [5.41, 5.74) is 0.848. The zero-order chi connectivity index (χ0) is 15.2. The minimum absolute atomic E-state index is 0. The van der Waals surface area contributed by atoms with Crippen molar-refractivity contribution in [3.8, 4) is 0 Å². The van der Waals surface area contributed by atoms with Crippen LogP contribution in [0, 0.1) is 0 Å². The molecule has 0 saturated carbocycles. The number of hydrogen-bond donors (Lipinski definition) is 1. The maximum Gasteiger partial charge on any atom is 0.227 e. The van der Waals surface area contributed by atoms with E-state index in [4.69, 9.17) is 23.2 Å². The zero-order valence-electron chi connectivity index (χ0n) is 12.8. The molecule has 0 radical (unpaired) electrons. The summed E-state index contributed by atoms with van der Waals surface area (Å²) >= 11 is 12.1. The molecule has 1 amide bonds. The third-order valence-electron chi connectivity index (χ3n) is 3.89. The number of nitrogens with zero attached hydrogens (tertiary/aromatic N) is 1. The summed E-state index contributed by atoms with van der Waals surface area (Å²) in [6.45, 7) is 4.89. The second-order valence-corrected chi connectivity index (χ2v) is 6.32. The molecule has 0 spiro atoms. The van der Waals surface area contributed by atoms with Gasteiger partial charge in [0, 0.05) is 22.6 Å². The first-order chi connectivity index (χ1) is 10.1. The highest BCUT2D eigenvalue weighted by atomic mass is 35.5. The Morgan fingerprint density at radius 2 is 2.00 bits per heavy atom. The first-order valence-electron chi connectivity index (χ1n) is 7.56. The van der Waals surface area contributed by atoms with Gasteiger partial charge < -0.3 is 10.2 Å². The van der Waals surface area contributed by atoms with E-state index in [2.05, 4.69) is 12.2 Å². The Morgan fingerprint density at radius 1 is 1.32 bits per heavy atom. The highest BCUT2D eigenvalue weighted by molar-refractivity contribution is 6.35. The first kappa shape index (κ1) is 19.6. The largest absolute Gasteiger partial charge is 0.339 e. The Kier molecular flexibility index (Phi) is 8.55. The molecule has 2 rings (SSSR count). The van der Waals surface area contributed by atoms with Crippen LogP contribution in [0.25, 0.3) is 0 Å². The lowest BCUT2D eigenvalue weighted by molar-refractivity contribution is -0.133. The molecule has 1 aliphatic heterocycles. The van der Waals surface area contributed by atoms with Crippen molar-refractivity contribution in [3.63, 3.8) is 0 Å². The number of carbonyl (C=O) groups is 1. The molecule has 1 fully saturated rings. The Bertz CT molecular complexity index is 490. The molecule has 1 aliphatic rings. The van der Waals surface area contributed by atoms with E-state index in [0.29, 0.717) is 22.5 Å². The number of nitrogens with one attached hydrogen (secondary N) is 1. The molecule has 0 unspecified atom stereocenters. The highest BCUT2D eigenvalue weighted by Gasteiger charge is 2.25. The topological polar surface area (TPSA) is 32.3 Å². The summed E-state index contributed by atoms with van der Waals surface area (Å²) in [5.74, 6) is 0.160. The van der Waals surface area contributed by atoms with E-state index < -0.39 is 0 Å². The van der Waals surface area contributed by atoms with E-state index in [1.54, 1.807) is 12.1 Å². The lowest BCUT2D eigenvalue weighted by Gasteiger charge is -2.34. The second kappa shape index (κ2) is 9.61. The number of benzene rings is 1. The Morgan fingerprint density at radius 3 is 2.59 bits per heavy atom. The van der Waals surface area contributed by atoms with E-state index in [1.807, 2.05) is 11.0 Å². The fraction of sp³-hybridized carbons (Fsp3) is 0.562. The fourth-order valence-electron chi connectivity index (χ4n) is 2.80. The summed E-state index contributed by atoms with van der Waals surface area (Å²) in [4.78, 5) is 14.7. The van der Waals surface area contributed by atoms with Crippen molar-refractivity contribution in [3.05, 3.63) is 33.8 Å². The van der Waals surface area contributed by atoms with Crippen molar-refractivity contribution in [1.29, 1.82) is 0 Å². The number of rotatable bonds is 5. The van der Waals surface area contributed by atoms with Gasteiger partial charge in [0.1, 0.15) is 0 Å². The molecule has 0 bridgehead atoms.